The molecule has 20 heavy (non-hydrogen) atoms. The first-order valence-electron chi connectivity index (χ1n) is 7.93. The number of carbonyl (C=O) groups excluding carboxylic acids is 1. The van der Waals surface area contributed by atoms with Crippen molar-refractivity contribution in [3.05, 3.63) is 47.2 Å². The van der Waals surface area contributed by atoms with Gasteiger partial charge in [0.2, 0.25) is 5.91 Å². The van der Waals surface area contributed by atoms with Crippen LogP contribution in [0.5, 0.6) is 0 Å². The summed E-state index contributed by atoms with van der Waals surface area (Å²) in [7, 11) is 0. The van der Waals surface area contributed by atoms with Gasteiger partial charge >= 0.3 is 0 Å². The fourth-order valence-corrected chi connectivity index (χ4v) is 4.35. The molecule has 0 bridgehead atoms. The molecular weight excluding hydrogens is 246 g/mol. The lowest BCUT2D eigenvalue weighted by Gasteiger charge is -2.46. The third kappa shape index (κ3) is 1.81. The molecule has 2 atom stereocenters. The maximum Gasteiger partial charge on any atom is 0.234 e. The van der Waals surface area contributed by atoms with Crippen LogP contribution in [0.4, 0.5) is 0 Å². The molecular formula is C18H21NO. The summed E-state index contributed by atoms with van der Waals surface area (Å²) in [5, 5.41) is 0. The van der Waals surface area contributed by atoms with Crippen LogP contribution in [-0.2, 0) is 4.79 Å². The molecule has 0 unspecified atom stereocenters. The average Bonchev–Trinajstić information content (AvgIpc) is 2.52. The third-order valence-electron chi connectivity index (χ3n) is 5.22. The van der Waals surface area contributed by atoms with Crippen LogP contribution in [0.3, 0.4) is 0 Å². The Labute approximate surface area is 120 Å². The molecule has 2 nitrogen and oxygen atoms in total. The SMILES string of the molecule is O=C1[C@H](c2ccccc2)C[C@H]2CCCC3=C2N1CCC3. The molecule has 2 aliphatic heterocycles. The van der Waals surface area contributed by atoms with Crippen LogP contribution in [0.15, 0.2) is 41.6 Å². The van der Waals surface area contributed by atoms with Crippen LogP contribution in [0.2, 0.25) is 0 Å². The summed E-state index contributed by atoms with van der Waals surface area (Å²) in [6, 6.07) is 10.4. The Morgan fingerprint density at radius 3 is 2.70 bits per heavy atom. The second-order valence-corrected chi connectivity index (χ2v) is 6.37. The van der Waals surface area contributed by atoms with Gasteiger partial charge in [0.25, 0.3) is 0 Å². The zero-order valence-corrected chi connectivity index (χ0v) is 11.8. The van der Waals surface area contributed by atoms with E-state index in [9.17, 15) is 4.79 Å². The number of hydrogen-bond donors (Lipinski definition) is 0. The maximum absolute atomic E-state index is 12.9. The van der Waals surface area contributed by atoms with Crippen molar-refractivity contribution >= 4 is 5.91 Å². The first kappa shape index (κ1) is 12.2. The highest BCUT2D eigenvalue weighted by Crippen LogP contribution is 2.46. The van der Waals surface area contributed by atoms with E-state index in [0.29, 0.717) is 11.8 Å². The van der Waals surface area contributed by atoms with E-state index in [0.717, 1.165) is 19.4 Å². The van der Waals surface area contributed by atoms with Crippen molar-refractivity contribution < 1.29 is 4.79 Å². The van der Waals surface area contributed by atoms with Crippen LogP contribution in [0, 0.1) is 5.92 Å². The molecule has 0 saturated carbocycles. The van der Waals surface area contributed by atoms with E-state index in [1.165, 1.54) is 36.9 Å². The predicted octanol–water partition coefficient (Wildman–Crippen LogP) is 3.85. The van der Waals surface area contributed by atoms with Gasteiger partial charge in [-0.25, -0.2) is 0 Å². The quantitative estimate of drug-likeness (QED) is 0.757. The normalized spacial score (nSPS) is 29.4. The molecule has 1 amide bonds. The molecule has 1 fully saturated rings. The lowest BCUT2D eigenvalue weighted by atomic mass is 9.73. The van der Waals surface area contributed by atoms with Crippen LogP contribution >= 0.6 is 0 Å². The average molecular weight is 267 g/mol. The fourth-order valence-electron chi connectivity index (χ4n) is 4.35. The van der Waals surface area contributed by atoms with E-state index in [4.69, 9.17) is 0 Å². The lowest BCUT2D eigenvalue weighted by Crippen LogP contribution is -2.46. The first-order valence-corrected chi connectivity index (χ1v) is 7.93. The van der Waals surface area contributed by atoms with E-state index in [-0.39, 0.29) is 5.92 Å². The number of carbonyl (C=O) groups is 1. The highest BCUT2D eigenvalue weighted by molar-refractivity contribution is 5.87. The summed E-state index contributed by atoms with van der Waals surface area (Å²) in [5.74, 6) is 1.06. The standard InChI is InChI=1S/C18H21NO/c20-18-16(13-6-2-1-3-7-13)12-15-9-4-8-14-10-5-11-19(18)17(14)15/h1-3,6-7,15-16H,4-5,8-12H2/t15-,16+/m1/s1. The molecule has 0 N–H and O–H groups in total. The van der Waals surface area contributed by atoms with E-state index >= 15 is 0 Å². The summed E-state index contributed by atoms with van der Waals surface area (Å²) in [6.07, 6.45) is 7.22. The summed E-state index contributed by atoms with van der Waals surface area (Å²) in [6.45, 7) is 0.942. The number of rotatable bonds is 1. The van der Waals surface area contributed by atoms with Crippen LogP contribution in [-0.4, -0.2) is 17.4 Å². The lowest BCUT2D eigenvalue weighted by molar-refractivity contribution is -0.134. The minimum absolute atomic E-state index is 0.0856. The Hall–Kier alpha value is -1.57. The number of nitrogens with zero attached hydrogens (tertiary/aromatic N) is 1. The fraction of sp³-hybridized carbons (Fsp3) is 0.500. The molecule has 1 aromatic carbocycles. The highest BCUT2D eigenvalue weighted by Gasteiger charge is 2.42. The highest BCUT2D eigenvalue weighted by atomic mass is 16.2. The van der Waals surface area contributed by atoms with E-state index in [2.05, 4.69) is 29.2 Å². The second-order valence-electron chi connectivity index (χ2n) is 6.37. The number of piperidine rings is 1. The monoisotopic (exact) mass is 267 g/mol. The molecule has 0 radical (unpaired) electrons. The Morgan fingerprint density at radius 1 is 1.05 bits per heavy atom. The van der Waals surface area contributed by atoms with Gasteiger partial charge in [-0.15, -0.1) is 0 Å². The van der Waals surface area contributed by atoms with Gasteiger partial charge in [0.15, 0.2) is 0 Å². The summed E-state index contributed by atoms with van der Waals surface area (Å²) in [5.41, 5.74) is 4.22. The predicted molar refractivity (Wildman–Crippen MR) is 79.1 cm³/mol. The molecule has 2 heterocycles. The Bertz CT molecular complexity index is 556. The second kappa shape index (κ2) is 4.76. The number of benzene rings is 1. The molecule has 2 heteroatoms. The van der Waals surface area contributed by atoms with Crippen molar-refractivity contribution in [3.8, 4) is 0 Å². The maximum atomic E-state index is 12.9. The van der Waals surface area contributed by atoms with Crippen molar-refractivity contribution in [2.75, 3.05) is 6.54 Å². The van der Waals surface area contributed by atoms with E-state index in [1.54, 1.807) is 5.57 Å². The van der Waals surface area contributed by atoms with Gasteiger partial charge in [-0.05, 0) is 44.1 Å². The van der Waals surface area contributed by atoms with Crippen molar-refractivity contribution in [2.45, 2.75) is 44.4 Å². The van der Waals surface area contributed by atoms with Gasteiger partial charge in [0.1, 0.15) is 0 Å². The topological polar surface area (TPSA) is 20.3 Å². The minimum atomic E-state index is 0.0856. The molecule has 1 aliphatic carbocycles. The zero-order valence-electron chi connectivity index (χ0n) is 11.8. The van der Waals surface area contributed by atoms with E-state index < -0.39 is 0 Å². The van der Waals surface area contributed by atoms with Gasteiger partial charge in [0, 0.05) is 18.2 Å². The number of amides is 1. The van der Waals surface area contributed by atoms with Crippen molar-refractivity contribution in [3.63, 3.8) is 0 Å². The summed E-state index contributed by atoms with van der Waals surface area (Å²) in [4.78, 5) is 15.0. The Balaban J connectivity index is 1.73. The smallest absolute Gasteiger partial charge is 0.234 e. The molecule has 104 valence electrons. The van der Waals surface area contributed by atoms with Crippen LogP contribution in [0.1, 0.15) is 50.0 Å². The zero-order chi connectivity index (χ0) is 13.5. The Morgan fingerprint density at radius 2 is 1.85 bits per heavy atom. The molecule has 3 aliphatic rings. The molecule has 0 spiro atoms. The van der Waals surface area contributed by atoms with Crippen molar-refractivity contribution in [1.29, 1.82) is 0 Å². The van der Waals surface area contributed by atoms with Crippen LogP contribution in [0.25, 0.3) is 0 Å². The number of allylic oxidation sites excluding steroid dienone is 2. The van der Waals surface area contributed by atoms with Crippen LogP contribution < -0.4 is 0 Å². The molecule has 4 rings (SSSR count). The third-order valence-corrected chi connectivity index (χ3v) is 5.22. The van der Waals surface area contributed by atoms with Gasteiger partial charge < -0.3 is 4.90 Å². The van der Waals surface area contributed by atoms with Crippen molar-refractivity contribution in [2.24, 2.45) is 5.92 Å². The molecule has 0 aromatic heterocycles. The largest absolute Gasteiger partial charge is 0.315 e. The van der Waals surface area contributed by atoms with Gasteiger partial charge in [-0.1, -0.05) is 35.9 Å². The summed E-state index contributed by atoms with van der Waals surface area (Å²) >= 11 is 0. The van der Waals surface area contributed by atoms with Gasteiger partial charge in [0.05, 0.1) is 5.92 Å². The molecule has 1 aromatic rings. The van der Waals surface area contributed by atoms with Gasteiger partial charge in [-0.3, -0.25) is 4.79 Å². The number of hydrogen-bond acceptors (Lipinski definition) is 1. The Kier molecular flexibility index (Phi) is 2.90. The van der Waals surface area contributed by atoms with E-state index in [1.807, 2.05) is 6.07 Å². The minimum Gasteiger partial charge on any atom is -0.315 e. The van der Waals surface area contributed by atoms with Gasteiger partial charge in [-0.2, -0.15) is 0 Å². The van der Waals surface area contributed by atoms with Crippen molar-refractivity contribution in [1.82, 2.24) is 4.90 Å². The first-order chi connectivity index (χ1) is 9.84. The summed E-state index contributed by atoms with van der Waals surface area (Å²) < 4.78 is 0. The molecule has 1 saturated heterocycles.